The maximum absolute atomic E-state index is 13.7. The molecule has 20 heavy (non-hydrogen) atoms. The van der Waals surface area contributed by atoms with Crippen LogP contribution in [0.4, 0.5) is 21.5 Å². The third kappa shape index (κ3) is 3.06. The molecule has 0 amide bonds. The van der Waals surface area contributed by atoms with E-state index >= 15 is 0 Å². The van der Waals surface area contributed by atoms with Gasteiger partial charge in [-0.2, -0.15) is 0 Å². The Labute approximate surface area is 116 Å². The molecule has 106 valence electrons. The molecule has 7 heteroatoms. The van der Waals surface area contributed by atoms with Crippen molar-refractivity contribution in [1.82, 2.24) is 0 Å². The molecular weight excluding hydrogens is 281 g/mol. The van der Waals surface area contributed by atoms with Crippen LogP contribution in [0.1, 0.15) is 5.56 Å². The lowest BCUT2D eigenvalue weighted by Crippen LogP contribution is -2.14. The fourth-order valence-corrected chi connectivity index (χ4v) is 2.48. The van der Waals surface area contributed by atoms with Gasteiger partial charge in [-0.25, -0.2) is 17.9 Å². The number of sulfonamides is 1. The summed E-state index contributed by atoms with van der Waals surface area (Å²) >= 11 is 0. The minimum atomic E-state index is -3.96. The molecule has 0 aliphatic carbocycles. The van der Waals surface area contributed by atoms with Crippen LogP contribution in [-0.2, 0) is 10.0 Å². The lowest BCUT2D eigenvalue weighted by Gasteiger charge is -2.12. The number of benzene rings is 2. The second-order valence-electron chi connectivity index (χ2n) is 4.41. The second kappa shape index (κ2) is 5.10. The van der Waals surface area contributed by atoms with E-state index in [2.05, 4.69) is 5.32 Å². The van der Waals surface area contributed by atoms with E-state index in [9.17, 15) is 12.8 Å². The Hall–Kier alpha value is -2.12. The molecule has 0 aliphatic heterocycles. The molecule has 0 fully saturated rings. The summed E-state index contributed by atoms with van der Waals surface area (Å²) in [5, 5.41) is 7.86. The molecule has 0 heterocycles. The Bertz CT molecular complexity index is 760. The van der Waals surface area contributed by atoms with Gasteiger partial charge in [-0.05, 0) is 42.8 Å². The molecule has 0 aliphatic rings. The zero-order valence-electron chi connectivity index (χ0n) is 10.7. The maximum Gasteiger partial charge on any atom is 0.240 e. The smallest absolute Gasteiger partial charge is 0.240 e. The van der Waals surface area contributed by atoms with Gasteiger partial charge in [-0.3, -0.25) is 0 Å². The summed E-state index contributed by atoms with van der Waals surface area (Å²) in [5.41, 5.74) is 6.98. The number of nitrogens with one attached hydrogen (secondary N) is 1. The van der Waals surface area contributed by atoms with Crippen molar-refractivity contribution in [1.29, 1.82) is 0 Å². The van der Waals surface area contributed by atoms with E-state index in [0.29, 0.717) is 0 Å². The lowest BCUT2D eigenvalue weighted by molar-refractivity contribution is 0.598. The SMILES string of the molecule is Cc1ccc(F)c(Nc2ccc(N)cc2S(N)(=O)=O)c1. The molecule has 5 nitrogen and oxygen atoms in total. The quantitative estimate of drug-likeness (QED) is 0.755. The van der Waals surface area contributed by atoms with Crippen LogP contribution < -0.4 is 16.2 Å². The third-order valence-corrected chi connectivity index (χ3v) is 3.65. The predicted octanol–water partition coefficient (Wildman–Crippen LogP) is 2.11. The van der Waals surface area contributed by atoms with E-state index in [1.165, 1.54) is 24.3 Å². The first-order chi connectivity index (χ1) is 9.27. The molecule has 0 saturated heterocycles. The number of rotatable bonds is 3. The molecule has 2 aromatic rings. The van der Waals surface area contributed by atoms with E-state index < -0.39 is 15.8 Å². The van der Waals surface area contributed by atoms with E-state index in [1.807, 2.05) is 0 Å². The van der Waals surface area contributed by atoms with Gasteiger partial charge < -0.3 is 11.1 Å². The fraction of sp³-hybridized carbons (Fsp3) is 0.0769. The van der Waals surface area contributed by atoms with E-state index in [-0.39, 0.29) is 22.0 Å². The van der Waals surface area contributed by atoms with Crippen LogP contribution in [0.25, 0.3) is 0 Å². The van der Waals surface area contributed by atoms with Crippen LogP contribution in [0, 0.1) is 12.7 Å². The van der Waals surface area contributed by atoms with Gasteiger partial charge >= 0.3 is 0 Å². The number of nitrogen functional groups attached to an aromatic ring is 1. The van der Waals surface area contributed by atoms with Crippen LogP contribution in [0.15, 0.2) is 41.3 Å². The normalized spacial score (nSPS) is 11.3. The highest BCUT2D eigenvalue weighted by atomic mass is 32.2. The summed E-state index contributed by atoms with van der Waals surface area (Å²) in [6.45, 7) is 1.80. The first-order valence-electron chi connectivity index (χ1n) is 5.73. The van der Waals surface area contributed by atoms with Crippen LogP contribution in [0.3, 0.4) is 0 Å². The minimum absolute atomic E-state index is 0.166. The van der Waals surface area contributed by atoms with Gasteiger partial charge in [0.2, 0.25) is 10.0 Å². The number of hydrogen-bond acceptors (Lipinski definition) is 4. The van der Waals surface area contributed by atoms with Gasteiger partial charge in [-0.1, -0.05) is 6.07 Å². The number of nitrogens with two attached hydrogens (primary N) is 2. The standard InChI is InChI=1S/C13H14FN3O2S/c1-8-2-4-10(14)12(6-8)17-11-5-3-9(15)7-13(11)20(16,18)19/h2-7,17H,15H2,1H3,(H2,16,18,19). The van der Waals surface area contributed by atoms with Crippen molar-refractivity contribution in [3.8, 4) is 0 Å². The molecule has 0 radical (unpaired) electrons. The van der Waals surface area contributed by atoms with Gasteiger partial charge in [0.05, 0.1) is 11.4 Å². The molecule has 0 atom stereocenters. The number of aryl methyl sites for hydroxylation is 1. The number of primary sulfonamides is 1. The number of anilines is 3. The number of hydrogen-bond donors (Lipinski definition) is 3. The van der Waals surface area contributed by atoms with Crippen LogP contribution in [0.2, 0.25) is 0 Å². The van der Waals surface area contributed by atoms with Gasteiger partial charge in [0.1, 0.15) is 10.7 Å². The van der Waals surface area contributed by atoms with Gasteiger partial charge in [-0.15, -0.1) is 0 Å². The van der Waals surface area contributed by atoms with Crippen molar-refractivity contribution in [2.24, 2.45) is 5.14 Å². The molecule has 5 N–H and O–H groups in total. The van der Waals surface area contributed by atoms with E-state index in [0.717, 1.165) is 5.56 Å². The average Bonchev–Trinajstić information content (AvgIpc) is 2.34. The number of halogens is 1. The van der Waals surface area contributed by atoms with Crippen molar-refractivity contribution in [2.75, 3.05) is 11.1 Å². The summed E-state index contributed by atoms with van der Waals surface area (Å²) < 4.78 is 36.8. The zero-order chi connectivity index (χ0) is 14.9. The van der Waals surface area contributed by atoms with Crippen LogP contribution in [0.5, 0.6) is 0 Å². The summed E-state index contributed by atoms with van der Waals surface area (Å²) in [6.07, 6.45) is 0. The summed E-state index contributed by atoms with van der Waals surface area (Å²) in [5.74, 6) is -0.493. The Morgan fingerprint density at radius 2 is 1.80 bits per heavy atom. The second-order valence-corrected chi connectivity index (χ2v) is 5.94. The molecule has 0 spiro atoms. The van der Waals surface area contributed by atoms with Crippen LogP contribution >= 0.6 is 0 Å². The topological polar surface area (TPSA) is 98.2 Å². The first kappa shape index (κ1) is 14.3. The monoisotopic (exact) mass is 295 g/mol. The fourth-order valence-electron chi connectivity index (χ4n) is 1.76. The summed E-state index contributed by atoms with van der Waals surface area (Å²) in [6, 6.07) is 8.65. The Balaban J connectivity index is 2.52. The Morgan fingerprint density at radius 3 is 2.45 bits per heavy atom. The highest BCUT2D eigenvalue weighted by Gasteiger charge is 2.15. The average molecular weight is 295 g/mol. The molecular formula is C13H14FN3O2S. The van der Waals surface area contributed by atoms with Crippen molar-refractivity contribution < 1.29 is 12.8 Å². The predicted molar refractivity (Wildman–Crippen MR) is 76.6 cm³/mol. The maximum atomic E-state index is 13.7. The highest BCUT2D eigenvalue weighted by molar-refractivity contribution is 7.89. The zero-order valence-corrected chi connectivity index (χ0v) is 11.5. The minimum Gasteiger partial charge on any atom is -0.399 e. The van der Waals surface area contributed by atoms with Crippen molar-refractivity contribution in [3.63, 3.8) is 0 Å². The first-order valence-corrected chi connectivity index (χ1v) is 7.27. The summed E-state index contributed by atoms with van der Waals surface area (Å²) in [7, 11) is -3.96. The third-order valence-electron chi connectivity index (χ3n) is 2.70. The lowest BCUT2D eigenvalue weighted by atomic mass is 10.2. The molecule has 2 rings (SSSR count). The van der Waals surface area contributed by atoms with E-state index in [4.69, 9.17) is 10.9 Å². The molecule has 0 unspecified atom stereocenters. The van der Waals surface area contributed by atoms with Gasteiger partial charge in [0, 0.05) is 5.69 Å². The van der Waals surface area contributed by atoms with Crippen molar-refractivity contribution in [2.45, 2.75) is 11.8 Å². The molecule has 0 bridgehead atoms. The Morgan fingerprint density at radius 1 is 1.10 bits per heavy atom. The van der Waals surface area contributed by atoms with Gasteiger partial charge in [0.25, 0.3) is 0 Å². The summed E-state index contributed by atoms with van der Waals surface area (Å²) in [4.78, 5) is -0.182. The largest absolute Gasteiger partial charge is 0.399 e. The Kier molecular flexibility index (Phi) is 3.65. The highest BCUT2D eigenvalue weighted by Crippen LogP contribution is 2.28. The van der Waals surface area contributed by atoms with Crippen LogP contribution in [-0.4, -0.2) is 8.42 Å². The van der Waals surface area contributed by atoms with Gasteiger partial charge in [0.15, 0.2) is 0 Å². The molecule has 0 aromatic heterocycles. The molecule has 0 saturated carbocycles. The molecule has 2 aromatic carbocycles. The van der Waals surface area contributed by atoms with Crippen molar-refractivity contribution >= 4 is 27.1 Å². The van der Waals surface area contributed by atoms with Crippen molar-refractivity contribution in [3.05, 3.63) is 47.8 Å². The van der Waals surface area contributed by atoms with E-state index in [1.54, 1.807) is 19.1 Å².